The molecule has 0 aliphatic rings. The van der Waals surface area contributed by atoms with Crippen molar-refractivity contribution in [3.05, 3.63) is 90.6 Å². The molecule has 6 rings (SSSR count). The quantitative estimate of drug-likeness (QED) is 0.293. The summed E-state index contributed by atoms with van der Waals surface area (Å²) in [6.07, 6.45) is 2.13. The molecule has 0 aliphatic heterocycles. The van der Waals surface area contributed by atoms with E-state index in [0.29, 0.717) is 0 Å². The predicted molar refractivity (Wildman–Crippen MR) is 120 cm³/mol. The Morgan fingerprint density at radius 1 is 0.621 bits per heavy atom. The minimum absolute atomic E-state index is 0.961. The Bertz CT molecular complexity index is 1570. The summed E-state index contributed by atoms with van der Waals surface area (Å²) in [5.74, 6) is 0. The third kappa shape index (κ3) is 2.26. The summed E-state index contributed by atoms with van der Waals surface area (Å²) in [4.78, 5) is 0. The van der Waals surface area contributed by atoms with Crippen molar-refractivity contribution in [3.63, 3.8) is 0 Å². The molecule has 2 aromatic heterocycles. The number of aromatic nitrogens is 1. The monoisotopic (exact) mass is 374 g/mol. The number of fused-ring (bicyclic) bond motifs is 6. The zero-order chi connectivity index (χ0) is 19.5. The Morgan fingerprint density at radius 2 is 1.28 bits per heavy atom. The second-order valence-electron chi connectivity index (χ2n) is 7.76. The van der Waals surface area contributed by atoms with Crippen LogP contribution >= 0.6 is 0 Å². The summed E-state index contributed by atoms with van der Waals surface area (Å²) in [5.41, 5.74) is 5.50. The van der Waals surface area contributed by atoms with Crippen molar-refractivity contribution in [1.82, 2.24) is 0 Å². The molecule has 0 amide bonds. The number of rotatable bonds is 1. The van der Waals surface area contributed by atoms with E-state index in [2.05, 4.69) is 104 Å². The molecular weight excluding hydrogens is 354 g/mol. The first-order chi connectivity index (χ1) is 14.2. The highest BCUT2D eigenvalue weighted by molar-refractivity contribution is 6.18. The van der Waals surface area contributed by atoms with Gasteiger partial charge >= 0.3 is 0 Å². The summed E-state index contributed by atoms with van der Waals surface area (Å²) in [7, 11) is 2.11. The van der Waals surface area contributed by atoms with Crippen molar-refractivity contribution in [2.24, 2.45) is 7.05 Å². The van der Waals surface area contributed by atoms with Crippen molar-refractivity contribution in [2.75, 3.05) is 0 Å². The molecule has 138 valence electrons. The normalized spacial score (nSPS) is 11.8. The van der Waals surface area contributed by atoms with E-state index < -0.39 is 0 Å². The summed E-state index contributed by atoms with van der Waals surface area (Å²) in [6, 6.07) is 27.9. The molecule has 0 fully saturated rings. The largest absolute Gasteiger partial charge is 0.454 e. The Morgan fingerprint density at radius 3 is 2.10 bits per heavy atom. The fourth-order valence-corrected chi connectivity index (χ4v) is 4.59. The first-order valence-corrected chi connectivity index (χ1v) is 9.94. The average Bonchev–Trinajstić information content (AvgIpc) is 3.13. The van der Waals surface area contributed by atoms with Gasteiger partial charge in [0.05, 0.1) is 10.9 Å². The zero-order valence-corrected chi connectivity index (χ0v) is 16.4. The Kier molecular flexibility index (Phi) is 3.33. The molecule has 0 saturated heterocycles. The van der Waals surface area contributed by atoms with Crippen LogP contribution in [0.15, 0.2) is 89.5 Å². The van der Waals surface area contributed by atoms with Crippen LogP contribution in [0.1, 0.15) is 5.56 Å². The minimum Gasteiger partial charge on any atom is -0.454 e. The lowest BCUT2D eigenvalue weighted by Crippen LogP contribution is -2.30. The fourth-order valence-electron chi connectivity index (χ4n) is 4.59. The van der Waals surface area contributed by atoms with E-state index in [1.807, 2.05) is 0 Å². The molecular formula is C27H20NO+. The SMILES string of the molecule is Cc1ccc2c(oc3c4ccccc4ccc23)c1-c1c2ccccc2cc[n+]1C. The Balaban J connectivity index is 1.82. The van der Waals surface area contributed by atoms with Gasteiger partial charge in [0.15, 0.2) is 6.20 Å². The third-order valence-corrected chi connectivity index (χ3v) is 6.02. The second-order valence-corrected chi connectivity index (χ2v) is 7.76. The summed E-state index contributed by atoms with van der Waals surface area (Å²) < 4.78 is 8.83. The highest BCUT2D eigenvalue weighted by Crippen LogP contribution is 2.40. The lowest BCUT2D eigenvalue weighted by Gasteiger charge is -2.08. The van der Waals surface area contributed by atoms with E-state index >= 15 is 0 Å². The van der Waals surface area contributed by atoms with Gasteiger partial charge in [-0.25, -0.2) is 4.57 Å². The maximum atomic E-state index is 6.62. The van der Waals surface area contributed by atoms with Crippen molar-refractivity contribution in [2.45, 2.75) is 6.92 Å². The molecule has 0 saturated carbocycles. The van der Waals surface area contributed by atoms with Crippen LogP contribution in [-0.4, -0.2) is 0 Å². The molecule has 29 heavy (non-hydrogen) atoms. The average molecular weight is 374 g/mol. The Labute approximate surface area is 168 Å². The minimum atomic E-state index is 0.961. The van der Waals surface area contributed by atoms with Crippen LogP contribution in [0.2, 0.25) is 0 Å². The van der Waals surface area contributed by atoms with E-state index in [9.17, 15) is 0 Å². The van der Waals surface area contributed by atoms with Gasteiger partial charge in [0.2, 0.25) is 5.69 Å². The number of hydrogen-bond acceptors (Lipinski definition) is 1. The molecule has 2 heteroatoms. The highest BCUT2D eigenvalue weighted by Gasteiger charge is 2.23. The van der Waals surface area contributed by atoms with E-state index in [1.54, 1.807) is 0 Å². The molecule has 0 unspecified atom stereocenters. The number of benzene rings is 4. The van der Waals surface area contributed by atoms with Crippen molar-refractivity contribution in [1.29, 1.82) is 0 Å². The molecule has 0 atom stereocenters. The van der Waals surface area contributed by atoms with Gasteiger partial charge in [-0.15, -0.1) is 0 Å². The van der Waals surface area contributed by atoms with E-state index in [1.165, 1.54) is 43.8 Å². The van der Waals surface area contributed by atoms with Crippen molar-refractivity contribution < 1.29 is 8.98 Å². The zero-order valence-electron chi connectivity index (χ0n) is 16.4. The summed E-state index contributed by atoms with van der Waals surface area (Å²) in [5, 5.41) is 7.17. The standard InChI is InChI=1S/C27H20NO/c1-17-11-13-23-22-14-12-18-7-4-6-10-21(18)26(22)29-27(23)24(17)25-20-9-5-3-8-19(20)15-16-28(25)2/h3-16H,1-2H3/q+1. The van der Waals surface area contributed by atoms with Crippen LogP contribution in [0.25, 0.3) is 54.7 Å². The molecule has 0 bridgehead atoms. The second kappa shape index (κ2) is 5.92. The summed E-state index contributed by atoms with van der Waals surface area (Å²) >= 11 is 0. The smallest absolute Gasteiger partial charge is 0.224 e. The van der Waals surface area contributed by atoms with Gasteiger partial charge in [-0.2, -0.15) is 0 Å². The number of pyridine rings is 1. The molecule has 4 aromatic carbocycles. The van der Waals surface area contributed by atoms with Gasteiger partial charge in [-0.1, -0.05) is 60.7 Å². The molecule has 0 aliphatic carbocycles. The molecule has 0 spiro atoms. The topological polar surface area (TPSA) is 17.0 Å². The molecule has 0 N–H and O–H groups in total. The number of hydrogen-bond donors (Lipinski definition) is 0. The van der Waals surface area contributed by atoms with Crippen LogP contribution in [0, 0.1) is 6.92 Å². The first kappa shape index (κ1) is 16.3. The number of nitrogens with zero attached hydrogens (tertiary/aromatic N) is 1. The maximum Gasteiger partial charge on any atom is 0.224 e. The van der Waals surface area contributed by atoms with Crippen LogP contribution in [0.3, 0.4) is 0 Å². The van der Waals surface area contributed by atoms with Crippen LogP contribution in [-0.2, 0) is 7.05 Å². The van der Waals surface area contributed by atoms with Crippen LogP contribution in [0.5, 0.6) is 0 Å². The third-order valence-electron chi connectivity index (χ3n) is 6.02. The van der Waals surface area contributed by atoms with Crippen LogP contribution in [0.4, 0.5) is 0 Å². The van der Waals surface area contributed by atoms with Gasteiger partial charge in [0, 0.05) is 22.2 Å². The van der Waals surface area contributed by atoms with Gasteiger partial charge < -0.3 is 4.42 Å². The lowest BCUT2D eigenvalue weighted by molar-refractivity contribution is -0.659. The van der Waals surface area contributed by atoms with Gasteiger partial charge in [0.1, 0.15) is 18.2 Å². The Hall–Kier alpha value is -3.65. The van der Waals surface area contributed by atoms with Crippen LogP contribution < -0.4 is 4.57 Å². The number of furan rings is 1. The lowest BCUT2D eigenvalue weighted by atomic mass is 9.97. The van der Waals surface area contributed by atoms with Gasteiger partial charge in [0.25, 0.3) is 0 Å². The molecule has 0 radical (unpaired) electrons. The van der Waals surface area contributed by atoms with Crippen molar-refractivity contribution >= 4 is 43.5 Å². The first-order valence-electron chi connectivity index (χ1n) is 9.94. The predicted octanol–water partition coefficient (Wildman–Crippen LogP) is 6.69. The van der Waals surface area contributed by atoms with Crippen molar-refractivity contribution in [3.8, 4) is 11.3 Å². The van der Waals surface area contributed by atoms with E-state index in [0.717, 1.165) is 16.6 Å². The van der Waals surface area contributed by atoms with Gasteiger partial charge in [-0.3, -0.25) is 0 Å². The van der Waals surface area contributed by atoms with Gasteiger partial charge in [-0.05, 0) is 35.4 Å². The molecule has 6 aromatic rings. The fraction of sp³-hybridized carbons (Fsp3) is 0.0741. The molecule has 2 nitrogen and oxygen atoms in total. The van der Waals surface area contributed by atoms with E-state index in [4.69, 9.17) is 4.42 Å². The summed E-state index contributed by atoms with van der Waals surface area (Å²) in [6.45, 7) is 2.17. The van der Waals surface area contributed by atoms with E-state index in [-0.39, 0.29) is 0 Å². The highest BCUT2D eigenvalue weighted by atomic mass is 16.3. The maximum absolute atomic E-state index is 6.62. The number of aryl methyl sites for hydroxylation is 2. The molecule has 2 heterocycles.